The highest BCUT2D eigenvalue weighted by Crippen LogP contribution is 2.23. The van der Waals surface area contributed by atoms with Crippen LogP contribution in [0, 0.1) is 16.0 Å². The highest BCUT2D eigenvalue weighted by Gasteiger charge is 2.27. The van der Waals surface area contributed by atoms with Gasteiger partial charge in [-0.3, -0.25) is 14.9 Å². The second-order valence-corrected chi connectivity index (χ2v) is 5.61. The van der Waals surface area contributed by atoms with Crippen molar-refractivity contribution in [1.29, 1.82) is 0 Å². The summed E-state index contributed by atoms with van der Waals surface area (Å²) in [6.07, 6.45) is 1.02. The number of halogens is 1. The molecule has 0 aliphatic heterocycles. The Morgan fingerprint density at radius 2 is 2.05 bits per heavy atom. The van der Waals surface area contributed by atoms with Gasteiger partial charge in [0.2, 0.25) is 0 Å². The Hall–Kier alpha value is -1.69. The first-order valence-electron chi connectivity index (χ1n) is 6.35. The fourth-order valence-electron chi connectivity index (χ4n) is 1.82. The average molecular weight is 300 g/mol. The van der Waals surface area contributed by atoms with Gasteiger partial charge in [-0.25, -0.2) is 4.98 Å². The van der Waals surface area contributed by atoms with E-state index in [2.05, 4.69) is 4.98 Å². The third-order valence-electron chi connectivity index (χ3n) is 2.72. The van der Waals surface area contributed by atoms with Crippen LogP contribution in [0.3, 0.4) is 0 Å². The zero-order valence-corrected chi connectivity index (χ0v) is 12.7. The summed E-state index contributed by atoms with van der Waals surface area (Å²) in [6.45, 7) is 8.23. The lowest BCUT2D eigenvalue weighted by molar-refractivity contribution is -0.385. The van der Waals surface area contributed by atoms with Crippen LogP contribution in [0.5, 0.6) is 0 Å². The molecule has 0 spiro atoms. The van der Waals surface area contributed by atoms with E-state index in [9.17, 15) is 14.9 Å². The van der Waals surface area contributed by atoms with Crippen LogP contribution in [0.1, 0.15) is 38.1 Å². The second kappa shape index (κ2) is 6.65. The van der Waals surface area contributed by atoms with Crippen molar-refractivity contribution in [3.63, 3.8) is 0 Å². The lowest BCUT2D eigenvalue weighted by Crippen LogP contribution is -2.39. The van der Waals surface area contributed by atoms with E-state index < -0.39 is 10.8 Å². The molecule has 1 amide bonds. The molecule has 0 aliphatic rings. The van der Waals surface area contributed by atoms with E-state index in [0.717, 1.165) is 6.20 Å². The Balaban J connectivity index is 3.23. The maximum absolute atomic E-state index is 12.5. The summed E-state index contributed by atoms with van der Waals surface area (Å²) in [5.41, 5.74) is -0.349. The van der Waals surface area contributed by atoms with Crippen LogP contribution >= 0.6 is 11.6 Å². The minimum Gasteiger partial charge on any atom is -0.336 e. The first kappa shape index (κ1) is 16.4. The lowest BCUT2D eigenvalue weighted by Gasteiger charge is -2.28. The summed E-state index contributed by atoms with van der Waals surface area (Å²) in [6, 6.07) is 1.19. The van der Waals surface area contributed by atoms with Crippen LogP contribution in [0.25, 0.3) is 0 Å². The van der Waals surface area contributed by atoms with Gasteiger partial charge in [0.05, 0.1) is 4.92 Å². The number of hydrogen-bond acceptors (Lipinski definition) is 4. The first-order chi connectivity index (χ1) is 9.23. The summed E-state index contributed by atoms with van der Waals surface area (Å²) in [4.78, 5) is 28.2. The van der Waals surface area contributed by atoms with Gasteiger partial charge < -0.3 is 4.90 Å². The molecule has 0 saturated heterocycles. The van der Waals surface area contributed by atoms with E-state index in [-0.39, 0.29) is 28.4 Å². The van der Waals surface area contributed by atoms with Crippen molar-refractivity contribution in [2.45, 2.75) is 33.7 Å². The van der Waals surface area contributed by atoms with Gasteiger partial charge in [0.15, 0.2) is 0 Å². The number of nitro groups is 1. The number of hydrogen-bond donors (Lipinski definition) is 0. The van der Waals surface area contributed by atoms with Crippen LogP contribution in [0.2, 0.25) is 5.15 Å². The van der Waals surface area contributed by atoms with Crippen molar-refractivity contribution >= 4 is 23.2 Å². The Kier molecular flexibility index (Phi) is 5.44. The maximum atomic E-state index is 12.5. The second-order valence-electron chi connectivity index (χ2n) is 5.23. The molecule has 0 N–H and O–H groups in total. The summed E-state index contributed by atoms with van der Waals surface area (Å²) >= 11 is 5.75. The van der Waals surface area contributed by atoms with Crippen LogP contribution < -0.4 is 0 Å². The number of pyridine rings is 1. The molecule has 0 unspecified atom stereocenters. The number of rotatable bonds is 5. The Labute approximate surface area is 122 Å². The van der Waals surface area contributed by atoms with Gasteiger partial charge in [-0.2, -0.15) is 0 Å². The number of amides is 1. The third-order valence-corrected chi connectivity index (χ3v) is 2.93. The molecule has 1 rings (SSSR count). The summed E-state index contributed by atoms with van der Waals surface area (Å²) < 4.78 is 0. The number of carbonyl (C=O) groups excluding carboxylic acids is 1. The molecule has 110 valence electrons. The standard InChI is InChI=1S/C13H18ClN3O3/c1-8(2)7-16(9(3)4)13(18)10-5-12(14)15-6-11(10)17(19)20/h5-6,8-9H,7H2,1-4H3. The molecule has 0 atom stereocenters. The number of nitrogens with zero attached hydrogens (tertiary/aromatic N) is 3. The van der Waals surface area contributed by atoms with Crippen molar-refractivity contribution in [3.05, 3.63) is 33.1 Å². The van der Waals surface area contributed by atoms with Gasteiger partial charge in [0, 0.05) is 12.6 Å². The minimum atomic E-state index is -0.621. The molecule has 7 heteroatoms. The van der Waals surface area contributed by atoms with Crippen molar-refractivity contribution in [3.8, 4) is 0 Å². The van der Waals surface area contributed by atoms with Crippen molar-refractivity contribution in [2.24, 2.45) is 5.92 Å². The number of carbonyl (C=O) groups is 1. The average Bonchev–Trinajstić information content (AvgIpc) is 2.34. The first-order valence-corrected chi connectivity index (χ1v) is 6.72. The Morgan fingerprint density at radius 3 is 2.50 bits per heavy atom. The van der Waals surface area contributed by atoms with Crippen LogP contribution in [-0.2, 0) is 0 Å². The van der Waals surface area contributed by atoms with E-state index in [1.165, 1.54) is 6.07 Å². The molecule has 0 aliphatic carbocycles. The van der Waals surface area contributed by atoms with Crippen LogP contribution in [-0.4, -0.2) is 33.3 Å². The predicted octanol–water partition coefficient (Wildman–Crippen LogP) is 3.15. The van der Waals surface area contributed by atoms with Crippen LogP contribution in [0.15, 0.2) is 12.3 Å². The smallest absolute Gasteiger partial charge is 0.300 e. The van der Waals surface area contributed by atoms with Crippen LogP contribution in [0.4, 0.5) is 5.69 Å². The molecule has 1 aromatic heterocycles. The highest BCUT2D eigenvalue weighted by atomic mass is 35.5. The SMILES string of the molecule is CC(C)CN(C(=O)c1cc(Cl)ncc1[N+](=O)[O-])C(C)C. The van der Waals surface area contributed by atoms with E-state index in [0.29, 0.717) is 6.54 Å². The van der Waals surface area contributed by atoms with E-state index in [4.69, 9.17) is 11.6 Å². The molecule has 0 aromatic carbocycles. The lowest BCUT2D eigenvalue weighted by atomic mass is 10.1. The summed E-state index contributed by atoms with van der Waals surface area (Å²) in [5.74, 6) is -0.137. The molecule has 6 nitrogen and oxygen atoms in total. The molecule has 20 heavy (non-hydrogen) atoms. The van der Waals surface area contributed by atoms with Crippen molar-refractivity contribution in [1.82, 2.24) is 9.88 Å². The third kappa shape index (κ3) is 3.90. The minimum absolute atomic E-state index is 0.0237. The van der Waals surface area contributed by atoms with Gasteiger partial charge in [0.25, 0.3) is 11.6 Å². The zero-order valence-electron chi connectivity index (χ0n) is 12.0. The predicted molar refractivity (Wildman–Crippen MR) is 76.9 cm³/mol. The quantitative estimate of drug-likeness (QED) is 0.475. The monoisotopic (exact) mass is 299 g/mol. The Bertz CT molecular complexity index is 518. The van der Waals surface area contributed by atoms with Gasteiger partial charge in [-0.1, -0.05) is 25.4 Å². The molecule has 1 heterocycles. The molecule has 0 fully saturated rings. The molecule has 0 bridgehead atoms. The zero-order chi connectivity index (χ0) is 15.4. The molecule has 1 aromatic rings. The topological polar surface area (TPSA) is 76.3 Å². The van der Waals surface area contributed by atoms with Gasteiger partial charge >= 0.3 is 0 Å². The van der Waals surface area contributed by atoms with Crippen molar-refractivity contribution in [2.75, 3.05) is 6.54 Å². The number of aromatic nitrogens is 1. The maximum Gasteiger partial charge on any atom is 0.300 e. The summed E-state index contributed by atoms with van der Waals surface area (Å²) in [7, 11) is 0. The fourth-order valence-corrected chi connectivity index (χ4v) is 1.97. The molecule has 0 radical (unpaired) electrons. The van der Waals surface area contributed by atoms with Crippen molar-refractivity contribution < 1.29 is 9.72 Å². The normalized spacial score (nSPS) is 10.9. The molecule has 0 saturated carbocycles. The van der Waals surface area contributed by atoms with Gasteiger partial charge in [-0.05, 0) is 25.8 Å². The molecular weight excluding hydrogens is 282 g/mol. The summed E-state index contributed by atoms with van der Waals surface area (Å²) in [5, 5.41) is 11.1. The van der Waals surface area contributed by atoms with E-state index >= 15 is 0 Å². The van der Waals surface area contributed by atoms with E-state index in [1.54, 1.807) is 4.90 Å². The Morgan fingerprint density at radius 1 is 1.45 bits per heavy atom. The highest BCUT2D eigenvalue weighted by molar-refractivity contribution is 6.29. The molecular formula is C13H18ClN3O3. The largest absolute Gasteiger partial charge is 0.336 e. The van der Waals surface area contributed by atoms with Gasteiger partial charge in [-0.15, -0.1) is 0 Å². The van der Waals surface area contributed by atoms with Gasteiger partial charge in [0.1, 0.15) is 16.9 Å². The van der Waals surface area contributed by atoms with E-state index in [1.807, 2.05) is 27.7 Å². The fraction of sp³-hybridized carbons (Fsp3) is 0.538.